The number of ether oxygens (including phenoxy) is 3. The summed E-state index contributed by atoms with van der Waals surface area (Å²) in [5, 5.41) is 1.20. The van der Waals surface area contributed by atoms with Crippen LogP contribution in [0.4, 0.5) is 0 Å². The molecule has 9 nitrogen and oxygen atoms in total. The first-order valence-corrected chi connectivity index (χ1v) is 16.4. The summed E-state index contributed by atoms with van der Waals surface area (Å²) >= 11 is 0. The molecule has 9 heteroatoms. The lowest BCUT2D eigenvalue weighted by atomic mass is 9.96. The summed E-state index contributed by atoms with van der Waals surface area (Å²) in [5.74, 6) is 0.483. The van der Waals surface area contributed by atoms with Gasteiger partial charge < -0.3 is 23.3 Å². The minimum atomic E-state index is -0.592. The molecule has 240 valence electrons. The highest BCUT2D eigenvalue weighted by Crippen LogP contribution is 2.37. The third kappa shape index (κ3) is 6.26. The molecule has 2 atom stereocenters. The Morgan fingerprint density at radius 2 is 1.89 bits per heavy atom. The smallest absolute Gasteiger partial charge is 0.338 e. The average molecular weight is 622 g/mol. The number of fused-ring (bicyclic) bond motifs is 2. The molecule has 0 aliphatic carbocycles. The standard InChI is InChI=1S/C37H43N5O4/c1-37(2,3)46-36(43)26-19-27(34-32(20-26)42(24-39-34)22-28-14-18-44-28)21-41-16-6-5-10-31(41)35-33(12-8-15-38-35)45-23-25-9-7-11-30-29(25)13-17-40(30)4/h7-9,11-13,15,17,19-20,24,28,31H,5-6,10,14,16,18,21-23H2,1-4H3. The summed E-state index contributed by atoms with van der Waals surface area (Å²) in [4.78, 5) is 25.6. The van der Waals surface area contributed by atoms with Gasteiger partial charge in [0.2, 0.25) is 0 Å². The quantitative estimate of drug-likeness (QED) is 0.164. The maximum Gasteiger partial charge on any atom is 0.338 e. The summed E-state index contributed by atoms with van der Waals surface area (Å²) < 4.78 is 22.3. The Kier molecular flexibility index (Phi) is 8.29. The van der Waals surface area contributed by atoms with E-state index < -0.39 is 5.60 Å². The number of benzene rings is 2. The van der Waals surface area contributed by atoms with Gasteiger partial charge in [-0.25, -0.2) is 9.78 Å². The predicted molar refractivity (Wildman–Crippen MR) is 178 cm³/mol. The Balaban J connectivity index is 1.19. The number of aryl methyl sites for hydroxylation is 1. The largest absolute Gasteiger partial charge is 0.487 e. The second kappa shape index (κ2) is 12.5. The maximum atomic E-state index is 13.4. The van der Waals surface area contributed by atoms with Gasteiger partial charge in [-0.05, 0) is 94.1 Å². The van der Waals surface area contributed by atoms with Crippen LogP contribution in [0.3, 0.4) is 0 Å². The van der Waals surface area contributed by atoms with Crippen molar-refractivity contribution in [3.05, 3.63) is 89.6 Å². The molecule has 0 spiro atoms. The molecule has 7 rings (SSSR count). The second-order valence-electron chi connectivity index (χ2n) is 13.6. The first-order valence-electron chi connectivity index (χ1n) is 16.4. The van der Waals surface area contributed by atoms with Crippen LogP contribution in [0.15, 0.2) is 67.3 Å². The number of piperidine rings is 1. The fourth-order valence-corrected chi connectivity index (χ4v) is 6.74. The lowest BCUT2D eigenvalue weighted by Crippen LogP contribution is -2.34. The normalized spacial score (nSPS) is 19.0. The van der Waals surface area contributed by atoms with E-state index in [1.165, 1.54) is 10.9 Å². The molecule has 5 aromatic rings. The number of carbonyl (C=O) groups excluding carboxylic acids is 1. The molecule has 3 aromatic heterocycles. The number of nitrogens with zero attached hydrogens (tertiary/aromatic N) is 5. The molecule has 0 radical (unpaired) electrons. The van der Waals surface area contributed by atoms with E-state index in [1.807, 2.05) is 57.6 Å². The molecular weight excluding hydrogens is 578 g/mol. The van der Waals surface area contributed by atoms with Crippen LogP contribution >= 0.6 is 0 Å². The molecule has 0 saturated carbocycles. The second-order valence-corrected chi connectivity index (χ2v) is 13.6. The molecule has 0 bridgehead atoms. The van der Waals surface area contributed by atoms with E-state index in [4.69, 9.17) is 24.2 Å². The lowest BCUT2D eigenvalue weighted by Gasteiger charge is -2.36. The highest BCUT2D eigenvalue weighted by Gasteiger charge is 2.30. The zero-order valence-electron chi connectivity index (χ0n) is 27.2. The van der Waals surface area contributed by atoms with Gasteiger partial charge in [0.05, 0.1) is 47.3 Å². The number of hydrogen-bond acceptors (Lipinski definition) is 7. The van der Waals surface area contributed by atoms with Gasteiger partial charge in [0.25, 0.3) is 0 Å². The molecule has 46 heavy (non-hydrogen) atoms. The van der Waals surface area contributed by atoms with Gasteiger partial charge in [0, 0.05) is 43.5 Å². The number of carbonyl (C=O) groups is 1. The highest BCUT2D eigenvalue weighted by molar-refractivity contribution is 5.95. The minimum absolute atomic E-state index is 0.0724. The van der Waals surface area contributed by atoms with E-state index >= 15 is 0 Å². The fourth-order valence-electron chi connectivity index (χ4n) is 6.74. The van der Waals surface area contributed by atoms with Gasteiger partial charge >= 0.3 is 5.97 Å². The van der Waals surface area contributed by atoms with Crippen molar-refractivity contribution in [1.82, 2.24) is 24.0 Å². The summed E-state index contributed by atoms with van der Waals surface area (Å²) in [6, 6.07) is 16.4. The molecule has 2 fully saturated rings. The lowest BCUT2D eigenvalue weighted by molar-refractivity contribution is -0.0586. The molecular formula is C37H43N5O4. The Labute approximate surface area is 270 Å². The first-order chi connectivity index (χ1) is 22.2. The van der Waals surface area contributed by atoms with Crippen LogP contribution in [-0.4, -0.2) is 54.8 Å². The number of aromatic nitrogens is 4. The SMILES string of the molecule is Cn1ccc2c(COc3cccnc3C3CCCCN3Cc3cc(C(=O)OC(C)(C)C)cc4c3ncn4CC3CCO3)cccc21. The van der Waals surface area contributed by atoms with Gasteiger partial charge in [-0.1, -0.05) is 18.6 Å². The zero-order valence-corrected chi connectivity index (χ0v) is 27.2. The van der Waals surface area contributed by atoms with E-state index in [2.05, 4.69) is 51.5 Å². The molecule has 5 heterocycles. The Hall–Kier alpha value is -4.21. The summed E-state index contributed by atoms with van der Waals surface area (Å²) in [5.41, 5.74) is 6.09. The number of hydrogen-bond donors (Lipinski definition) is 0. The van der Waals surface area contributed by atoms with E-state index in [-0.39, 0.29) is 18.1 Å². The Morgan fingerprint density at radius 3 is 2.70 bits per heavy atom. The summed E-state index contributed by atoms with van der Waals surface area (Å²) in [6.07, 6.45) is 10.2. The minimum Gasteiger partial charge on any atom is -0.487 e. The first kappa shape index (κ1) is 30.4. The van der Waals surface area contributed by atoms with Crippen molar-refractivity contribution in [3.63, 3.8) is 0 Å². The van der Waals surface area contributed by atoms with Crippen molar-refractivity contribution in [1.29, 1.82) is 0 Å². The summed E-state index contributed by atoms with van der Waals surface area (Å²) in [7, 11) is 2.06. The molecule has 2 unspecified atom stereocenters. The van der Waals surface area contributed by atoms with Crippen LogP contribution in [-0.2, 0) is 36.2 Å². The zero-order chi connectivity index (χ0) is 31.8. The van der Waals surface area contributed by atoms with Gasteiger partial charge in [-0.15, -0.1) is 0 Å². The van der Waals surface area contributed by atoms with Crippen LogP contribution in [0.1, 0.15) is 79.7 Å². The van der Waals surface area contributed by atoms with Crippen molar-refractivity contribution < 1.29 is 19.0 Å². The van der Waals surface area contributed by atoms with E-state index in [0.29, 0.717) is 25.3 Å². The van der Waals surface area contributed by atoms with Crippen molar-refractivity contribution in [3.8, 4) is 5.75 Å². The van der Waals surface area contributed by atoms with E-state index in [1.54, 1.807) is 0 Å². The van der Waals surface area contributed by atoms with Crippen LogP contribution in [0.5, 0.6) is 5.75 Å². The van der Waals surface area contributed by atoms with Crippen LogP contribution in [0, 0.1) is 0 Å². The number of esters is 1. The summed E-state index contributed by atoms with van der Waals surface area (Å²) in [6.45, 7) is 9.21. The molecule has 2 saturated heterocycles. The van der Waals surface area contributed by atoms with Crippen molar-refractivity contribution in [2.24, 2.45) is 7.05 Å². The topological polar surface area (TPSA) is 83.6 Å². The highest BCUT2D eigenvalue weighted by atomic mass is 16.6. The molecule has 2 aromatic carbocycles. The number of likely N-dealkylation sites (tertiary alicyclic amines) is 1. The van der Waals surface area contributed by atoms with Crippen molar-refractivity contribution >= 4 is 27.9 Å². The molecule has 2 aliphatic heterocycles. The monoisotopic (exact) mass is 621 g/mol. The Bertz CT molecular complexity index is 1870. The molecule has 2 aliphatic rings. The maximum absolute atomic E-state index is 13.4. The number of pyridine rings is 1. The van der Waals surface area contributed by atoms with Gasteiger partial charge in [-0.2, -0.15) is 0 Å². The predicted octanol–water partition coefficient (Wildman–Crippen LogP) is 6.97. The van der Waals surface area contributed by atoms with E-state index in [0.717, 1.165) is 72.4 Å². The van der Waals surface area contributed by atoms with Gasteiger partial charge in [0.1, 0.15) is 18.0 Å². The fraction of sp³-hybridized carbons (Fsp3) is 0.432. The van der Waals surface area contributed by atoms with Crippen molar-refractivity contribution in [2.75, 3.05) is 13.2 Å². The third-order valence-electron chi connectivity index (χ3n) is 9.14. The van der Waals surface area contributed by atoms with Crippen LogP contribution in [0.25, 0.3) is 21.9 Å². The molecule has 0 N–H and O–H groups in total. The van der Waals surface area contributed by atoms with E-state index in [9.17, 15) is 4.79 Å². The van der Waals surface area contributed by atoms with Gasteiger partial charge in [-0.3, -0.25) is 9.88 Å². The Morgan fingerprint density at radius 1 is 1.02 bits per heavy atom. The van der Waals surface area contributed by atoms with Gasteiger partial charge in [0.15, 0.2) is 0 Å². The average Bonchev–Trinajstić information content (AvgIpc) is 3.61. The number of imidazole rings is 1. The van der Waals surface area contributed by atoms with Crippen LogP contribution < -0.4 is 4.74 Å². The molecule has 0 amide bonds. The van der Waals surface area contributed by atoms with Crippen molar-refractivity contribution in [2.45, 2.75) is 83.9 Å². The third-order valence-corrected chi connectivity index (χ3v) is 9.14. The number of rotatable bonds is 9. The van der Waals surface area contributed by atoms with Crippen LogP contribution in [0.2, 0.25) is 0 Å².